The largest absolute Gasteiger partial charge is 0.365 e. The van der Waals surface area contributed by atoms with E-state index in [9.17, 15) is 17.2 Å². The maximum atomic E-state index is 12.6. The molecule has 2 rings (SSSR count). The van der Waals surface area contributed by atoms with Crippen molar-refractivity contribution in [3.63, 3.8) is 0 Å². The lowest BCUT2D eigenvalue weighted by Crippen LogP contribution is -2.20. The molecular formula is C13H14F2N4O2S. The summed E-state index contributed by atoms with van der Waals surface area (Å²) in [5.74, 6) is 0.345. The van der Waals surface area contributed by atoms with Gasteiger partial charge in [0.2, 0.25) is 0 Å². The Morgan fingerprint density at radius 2 is 2.00 bits per heavy atom. The first-order valence-electron chi connectivity index (χ1n) is 6.29. The second-order valence-corrected chi connectivity index (χ2v) is 6.18. The number of hydrogen-bond donors (Lipinski definition) is 2. The van der Waals surface area contributed by atoms with Crippen LogP contribution in [-0.2, 0) is 16.6 Å². The molecule has 118 valence electrons. The summed E-state index contributed by atoms with van der Waals surface area (Å²) in [7, 11) is -2.35. The molecule has 0 spiro atoms. The summed E-state index contributed by atoms with van der Waals surface area (Å²) in [6, 6.07) is 6.00. The number of rotatable bonds is 6. The van der Waals surface area contributed by atoms with Gasteiger partial charge in [-0.2, -0.15) is 0 Å². The van der Waals surface area contributed by atoms with Crippen LogP contribution in [0.5, 0.6) is 0 Å². The quantitative estimate of drug-likeness (QED) is 0.846. The summed E-state index contributed by atoms with van der Waals surface area (Å²) in [6.07, 6.45) is -0.143. The molecule has 0 aliphatic carbocycles. The number of benzene rings is 1. The van der Waals surface area contributed by atoms with Crippen LogP contribution in [0.25, 0.3) is 0 Å². The Bertz CT molecular complexity index is 736. The van der Waals surface area contributed by atoms with Gasteiger partial charge < -0.3 is 5.32 Å². The van der Waals surface area contributed by atoms with Crippen LogP contribution in [0, 0.1) is 0 Å². The van der Waals surface area contributed by atoms with Gasteiger partial charge in [0.05, 0.1) is 12.4 Å². The zero-order chi connectivity index (χ0) is 16.2. The second-order valence-electron chi connectivity index (χ2n) is 4.35. The van der Waals surface area contributed by atoms with Crippen LogP contribution in [0.1, 0.15) is 17.6 Å². The van der Waals surface area contributed by atoms with Crippen LogP contribution >= 0.6 is 0 Å². The van der Waals surface area contributed by atoms with Crippen molar-refractivity contribution in [1.82, 2.24) is 14.7 Å². The first-order chi connectivity index (χ1) is 10.4. The number of alkyl halides is 2. The van der Waals surface area contributed by atoms with Gasteiger partial charge in [-0.15, -0.1) is 0 Å². The fourth-order valence-corrected chi connectivity index (χ4v) is 2.27. The number of aromatic nitrogens is 2. The van der Waals surface area contributed by atoms with Gasteiger partial charge >= 0.3 is 0 Å². The van der Waals surface area contributed by atoms with Crippen molar-refractivity contribution in [2.75, 3.05) is 12.4 Å². The third-order valence-electron chi connectivity index (χ3n) is 2.85. The van der Waals surface area contributed by atoms with E-state index in [1.165, 1.54) is 25.4 Å². The van der Waals surface area contributed by atoms with Crippen molar-refractivity contribution in [1.29, 1.82) is 0 Å². The van der Waals surface area contributed by atoms with Crippen LogP contribution < -0.4 is 10.0 Å². The molecule has 0 saturated heterocycles. The van der Waals surface area contributed by atoms with E-state index in [2.05, 4.69) is 20.0 Å². The molecule has 1 aromatic carbocycles. The monoisotopic (exact) mass is 328 g/mol. The van der Waals surface area contributed by atoms with Crippen molar-refractivity contribution in [3.05, 3.63) is 47.8 Å². The van der Waals surface area contributed by atoms with Crippen LogP contribution in [-0.4, -0.2) is 25.4 Å². The molecule has 6 nitrogen and oxygen atoms in total. The predicted octanol–water partition coefficient (Wildman–Crippen LogP) is 1.93. The Labute approximate surface area is 126 Å². The van der Waals surface area contributed by atoms with E-state index in [1.54, 1.807) is 12.1 Å². The van der Waals surface area contributed by atoms with E-state index in [0.717, 1.165) is 6.20 Å². The fourth-order valence-electron chi connectivity index (χ4n) is 1.68. The van der Waals surface area contributed by atoms with E-state index >= 15 is 0 Å². The summed E-state index contributed by atoms with van der Waals surface area (Å²) >= 11 is 0. The summed E-state index contributed by atoms with van der Waals surface area (Å²) in [6.45, 7) is 0.271. The van der Waals surface area contributed by atoms with Crippen molar-refractivity contribution in [2.24, 2.45) is 0 Å². The molecule has 0 saturated carbocycles. The predicted molar refractivity (Wildman–Crippen MR) is 77.0 cm³/mol. The van der Waals surface area contributed by atoms with Gasteiger partial charge in [-0.05, 0) is 18.7 Å². The standard InChI is InChI=1S/C13H14F2N4O2S/c1-16-22(20,21)12-8-18-11(7-19-12)17-6-9-3-2-4-10(5-9)13(14)15/h2-5,7-8,13,16H,6H2,1H3,(H,17,18). The van der Waals surface area contributed by atoms with Crippen molar-refractivity contribution < 1.29 is 17.2 Å². The molecular weight excluding hydrogens is 314 g/mol. The minimum Gasteiger partial charge on any atom is -0.365 e. The minimum atomic E-state index is -3.63. The second kappa shape index (κ2) is 6.75. The molecule has 9 heteroatoms. The number of nitrogens with zero attached hydrogens (tertiary/aromatic N) is 2. The molecule has 0 bridgehead atoms. The highest BCUT2D eigenvalue weighted by molar-refractivity contribution is 7.89. The molecule has 0 atom stereocenters. The van der Waals surface area contributed by atoms with E-state index in [-0.39, 0.29) is 17.1 Å². The summed E-state index contributed by atoms with van der Waals surface area (Å²) in [5.41, 5.74) is 0.604. The van der Waals surface area contributed by atoms with Gasteiger partial charge in [0.15, 0.2) is 5.03 Å². The van der Waals surface area contributed by atoms with Crippen LogP contribution in [0.4, 0.5) is 14.6 Å². The molecule has 1 heterocycles. The number of anilines is 1. The van der Waals surface area contributed by atoms with Gasteiger partial charge in [-0.3, -0.25) is 0 Å². The van der Waals surface area contributed by atoms with Gasteiger partial charge in [-0.25, -0.2) is 31.9 Å². The van der Waals surface area contributed by atoms with Gasteiger partial charge in [-0.1, -0.05) is 18.2 Å². The van der Waals surface area contributed by atoms with Crippen molar-refractivity contribution in [2.45, 2.75) is 18.0 Å². The summed E-state index contributed by atoms with van der Waals surface area (Å²) in [5, 5.41) is 2.70. The van der Waals surface area contributed by atoms with E-state index in [1.807, 2.05) is 0 Å². The molecule has 0 radical (unpaired) electrons. The fraction of sp³-hybridized carbons (Fsp3) is 0.231. The Hall–Kier alpha value is -2.13. The molecule has 2 aromatic rings. The lowest BCUT2D eigenvalue weighted by molar-refractivity contribution is 0.151. The van der Waals surface area contributed by atoms with Gasteiger partial charge in [0.25, 0.3) is 16.4 Å². The SMILES string of the molecule is CNS(=O)(=O)c1cnc(NCc2cccc(C(F)F)c2)cn1. The topological polar surface area (TPSA) is 84.0 Å². The Balaban J connectivity index is 2.05. The summed E-state index contributed by atoms with van der Waals surface area (Å²) < 4.78 is 50.3. The number of halogens is 2. The molecule has 1 aromatic heterocycles. The highest BCUT2D eigenvalue weighted by atomic mass is 32.2. The van der Waals surface area contributed by atoms with Crippen molar-refractivity contribution in [3.8, 4) is 0 Å². The Morgan fingerprint density at radius 1 is 1.23 bits per heavy atom. The molecule has 0 amide bonds. The van der Waals surface area contributed by atoms with Crippen LogP contribution in [0.15, 0.2) is 41.7 Å². The molecule has 0 unspecified atom stereocenters. The lowest BCUT2D eigenvalue weighted by atomic mass is 10.1. The molecule has 2 N–H and O–H groups in total. The zero-order valence-electron chi connectivity index (χ0n) is 11.6. The summed E-state index contributed by atoms with van der Waals surface area (Å²) in [4.78, 5) is 7.71. The average Bonchev–Trinajstić information content (AvgIpc) is 2.53. The lowest BCUT2D eigenvalue weighted by Gasteiger charge is -2.08. The highest BCUT2D eigenvalue weighted by Gasteiger charge is 2.13. The van der Waals surface area contributed by atoms with E-state index < -0.39 is 16.4 Å². The maximum absolute atomic E-state index is 12.6. The Morgan fingerprint density at radius 3 is 2.59 bits per heavy atom. The maximum Gasteiger partial charge on any atom is 0.263 e. The third-order valence-corrected chi connectivity index (χ3v) is 4.15. The first-order valence-corrected chi connectivity index (χ1v) is 7.77. The zero-order valence-corrected chi connectivity index (χ0v) is 12.4. The van der Waals surface area contributed by atoms with Crippen molar-refractivity contribution >= 4 is 15.8 Å². The average molecular weight is 328 g/mol. The third kappa shape index (κ3) is 3.95. The smallest absolute Gasteiger partial charge is 0.263 e. The number of hydrogen-bond acceptors (Lipinski definition) is 5. The molecule has 0 aliphatic rings. The number of sulfonamides is 1. The van der Waals surface area contributed by atoms with Gasteiger partial charge in [0, 0.05) is 12.1 Å². The molecule has 22 heavy (non-hydrogen) atoms. The highest BCUT2D eigenvalue weighted by Crippen LogP contribution is 2.19. The van der Waals surface area contributed by atoms with Gasteiger partial charge in [0.1, 0.15) is 5.82 Å². The van der Waals surface area contributed by atoms with E-state index in [4.69, 9.17) is 0 Å². The van der Waals surface area contributed by atoms with Crippen LogP contribution in [0.2, 0.25) is 0 Å². The normalized spacial score (nSPS) is 11.6. The van der Waals surface area contributed by atoms with E-state index in [0.29, 0.717) is 11.4 Å². The Kier molecular flexibility index (Phi) is 4.99. The van der Waals surface area contributed by atoms with Crippen LogP contribution in [0.3, 0.4) is 0 Å². The molecule has 0 fully saturated rings. The first kappa shape index (κ1) is 16.2. The minimum absolute atomic E-state index is 0.0548. The number of nitrogens with one attached hydrogen (secondary N) is 2. The molecule has 0 aliphatic heterocycles.